The van der Waals surface area contributed by atoms with Crippen LogP contribution in [-0.4, -0.2) is 11.9 Å². The Kier molecular flexibility index (Phi) is 3.09. The summed E-state index contributed by atoms with van der Waals surface area (Å²) >= 11 is 1.61. The SMILES string of the molecule is N#CC(NC(=O)c1cc2c(s1)CCCC2)C1CC1. The molecule has 1 aromatic heterocycles. The number of hydrogen-bond acceptors (Lipinski definition) is 3. The fraction of sp³-hybridized carbons (Fsp3) is 0.571. The van der Waals surface area contributed by atoms with Gasteiger partial charge >= 0.3 is 0 Å². The number of fused-ring (bicyclic) bond motifs is 1. The molecule has 0 saturated heterocycles. The molecule has 0 aliphatic heterocycles. The number of carbonyl (C=O) groups excluding carboxylic acids is 1. The first-order chi connectivity index (χ1) is 8.78. The van der Waals surface area contributed by atoms with Crippen LogP contribution in [-0.2, 0) is 12.8 Å². The highest BCUT2D eigenvalue weighted by atomic mass is 32.1. The van der Waals surface area contributed by atoms with E-state index in [1.807, 2.05) is 6.07 Å². The fourth-order valence-corrected chi connectivity index (χ4v) is 3.66. The topological polar surface area (TPSA) is 52.9 Å². The third kappa shape index (κ3) is 2.28. The van der Waals surface area contributed by atoms with Gasteiger partial charge in [0.25, 0.3) is 5.91 Å². The number of hydrogen-bond donors (Lipinski definition) is 1. The molecule has 1 saturated carbocycles. The Morgan fingerprint density at radius 1 is 1.44 bits per heavy atom. The summed E-state index contributed by atoms with van der Waals surface area (Å²) in [5, 5.41) is 11.9. The lowest BCUT2D eigenvalue weighted by Gasteiger charge is -2.08. The molecule has 1 atom stereocenters. The first-order valence-corrected chi connectivity index (χ1v) is 7.41. The van der Waals surface area contributed by atoms with Crippen molar-refractivity contribution >= 4 is 17.2 Å². The van der Waals surface area contributed by atoms with Crippen molar-refractivity contribution in [3.63, 3.8) is 0 Å². The van der Waals surface area contributed by atoms with Crippen LogP contribution in [0, 0.1) is 17.2 Å². The van der Waals surface area contributed by atoms with E-state index in [4.69, 9.17) is 5.26 Å². The third-order valence-corrected chi connectivity index (χ3v) is 4.98. The Morgan fingerprint density at radius 2 is 2.22 bits per heavy atom. The Labute approximate surface area is 111 Å². The summed E-state index contributed by atoms with van der Waals surface area (Å²) in [5.41, 5.74) is 1.34. The number of nitrogens with one attached hydrogen (secondary N) is 1. The molecule has 1 amide bonds. The Balaban J connectivity index is 1.72. The van der Waals surface area contributed by atoms with Crippen LogP contribution in [0.5, 0.6) is 0 Å². The van der Waals surface area contributed by atoms with Crippen LogP contribution in [0.25, 0.3) is 0 Å². The minimum Gasteiger partial charge on any atom is -0.335 e. The van der Waals surface area contributed by atoms with Gasteiger partial charge in [-0.05, 0) is 56.1 Å². The van der Waals surface area contributed by atoms with E-state index in [-0.39, 0.29) is 11.9 Å². The molecule has 18 heavy (non-hydrogen) atoms. The van der Waals surface area contributed by atoms with E-state index in [1.54, 1.807) is 11.3 Å². The minimum atomic E-state index is -0.295. The number of rotatable bonds is 3. The molecule has 3 nitrogen and oxygen atoms in total. The van der Waals surface area contributed by atoms with Crippen LogP contribution in [0.4, 0.5) is 0 Å². The molecule has 1 unspecified atom stereocenters. The van der Waals surface area contributed by atoms with Crippen molar-refractivity contribution in [1.82, 2.24) is 5.32 Å². The van der Waals surface area contributed by atoms with Crippen LogP contribution < -0.4 is 5.32 Å². The highest BCUT2D eigenvalue weighted by molar-refractivity contribution is 7.14. The highest BCUT2D eigenvalue weighted by Crippen LogP contribution is 2.33. The van der Waals surface area contributed by atoms with Crippen molar-refractivity contribution in [3.8, 4) is 6.07 Å². The Bertz CT molecular complexity index is 487. The van der Waals surface area contributed by atoms with Gasteiger partial charge in [0, 0.05) is 4.88 Å². The summed E-state index contributed by atoms with van der Waals surface area (Å²) in [6.45, 7) is 0. The van der Waals surface area contributed by atoms with E-state index in [2.05, 4.69) is 11.4 Å². The highest BCUT2D eigenvalue weighted by Gasteiger charge is 2.32. The molecule has 0 spiro atoms. The lowest BCUT2D eigenvalue weighted by atomic mass is 9.99. The lowest BCUT2D eigenvalue weighted by molar-refractivity contribution is 0.0946. The zero-order chi connectivity index (χ0) is 12.5. The van der Waals surface area contributed by atoms with Gasteiger partial charge in [-0.15, -0.1) is 11.3 Å². The molecule has 0 radical (unpaired) electrons. The van der Waals surface area contributed by atoms with Crippen LogP contribution in [0.3, 0.4) is 0 Å². The van der Waals surface area contributed by atoms with Crippen molar-refractivity contribution in [3.05, 3.63) is 21.4 Å². The summed E-state index contributed by atoms with van der Waals surface area (Å²) in [7, 11) is 0. The average molecular weight is 260 g/mol. The summed E-state index contributed by atoms with van der Waals surface area (Å²) < 4.78 is 0. The molecule has 2 aliphatic rings. The maximum atomic E-state index is 12.1. The molecule has 4 heteroatoms. The summed E-state index contributed by atoms with van der Waals surface area (Å²) in [6, 6.07) is 3.93. The molecule has 94 valence electrons. The molecule has 1 heterocycles. The molecule has 1 fully saturated rings. The second kappa shape index (κ2) is 4.74. The van der Waals surface area contributed by atoms with Crippen molar-refractivity contribution in [2.75, 3.05) is 0 Å². The van der Waals surface area contributed by atoms with Crippen molar-refractivity contribution in [2.45, 2.75) is 44.6 Å². The number of aryl methyl sites for hydroxylation is 2. The van der Waals surface area contributed by atoms with E-state index < -0.39 is 0 Å². The molecule has 0 bridgehead atoms. The molecule has 1 N–H and O–H groups in total. The molecular weight excluding hydrogens is 244 g/mol. The van der Waals surface area contributed by atoms with Crippen molar-refractivity contribution in [2.24, 2.45) is 5.92 Å². The predicted octanol–water partition coefficient (Wildman–Crippen LogP) is 2.66. The van der Waals surface area contributed by atoms with E-state index >= 15 is 0 Å². The van der Waals surface area contributed by atoms with Gasteiger partial charge in [0.05, 0.1) is 10.9 Å². The Morgan fingerprint density at radius 3 is 2.89 bits per heavy atom. The summed E-state index contributed by atoms with van der Waals surface area (Å²) in [5.74, 6) is 0.321. The van der Waals surface area contributed by atoms with Gasteiger partial charge in [0.2, 0.25) is 0 Å². The van der Waals surface area contributed by atoms with Gasteiger partial charge in [-0.1, -0.05) is 0 Å². The second-order valence-corrected chi connectivity index (χ2v) is 6.32. The van der Waals surface area contributed by atoms with E-state index in [1.165, 1.54) is 23.3 Å². The Hall–Kier alpha value is -1.34. The number of nitrogens with zero attached hydrogens (tertiary/aromatic N) is 1. The standard InChI is InChI=1S/C14H16N2OS/c15-8-11(9-5-6-9)16-14(17)13-7-10-3-1-2-4-12(10)18-13/h7,9,11H,1-6H2,(H,16,17). The maximum absolute atomic E-state index is 12.1. The van der Waals surface area contributed by atoms with Crippen LogP contribution in [0.1, 0.15) is 45.8 Å². The molecule has 0 aromatic carbocycles. The molecule has 2 aliphatic carbocycles. The largest absolute Gasteiger partial charge is 0.335 e. The van der Waals surface area contributed by atoms with Gasteiger partial charge in [-0.25, -0.2) is 0 Å². The smallest absolute Gasteiger partial charge is 0.262 e. The first-order valence-electron chi connectivity index (χ1n) is 6.60. The molecular formula is C14H16N2OS. The molecule has 3 rings (SSSR count). The number of carbonyl (C=O) groups is 1. The van der Waals surface area contributed by atoms with Gasteiger partial charge in [-0.2, -0.15) is 5.26 Å². The van der Waals surface area contributed by atoms with Crippen molar-refractivity contribution < 1.29 is 4.79 Å². The molecule has 1 aromatic rings. The average Bonchev–Trinajstić information content (AvgIpc) is 3.13. The zero-order valence-corrected chi connectivity index (χ0v) is 11.1. The van der Waals surface area contributed by atoms with Gasteiger partial charge in [0.15, 0.2) is 0 Å². The van der Waals surface area contributed by atoms with E-state index in [0.717, 1.165) is 30.6 Å². The van der Waals surface area contributed by atoms with Crippen LogP contribution in [0.15, 0.2) is 6.07 Å². The van der Waals surface area contributed by atoms with Gasteiger partial charge < -0.3 is 5.32 Å². The van der Waals surface area contributed by atoms with E-state index in [0.29, 0.717) is 5.92 Å². The minimum absolute atomic E-state index is 0.0622. The second-order valence-electron chi connectivity index (χ2n) is 5.18. The van der Waals surface area contributed by atoms with Crippen LogP contribution >= 0.6 is 11.3 Å². The number of amides is 1. The van der Waals surface area contributed by atoms with E-state index in [9.17, 15) is 4.79 Å². The van der Waals surface area contributed by atoms with Crippen molar-refractivity contribution in [1.29, 1.82) is 5.26 Å². The monoisotopic (exact) mass is 260 g/mol. The van der Waals surface area contributed by atoms with Gasteiger partial charge in [-0.3, -0.25) is 4.79 Å². The predicted molar refractivity (Wildman–Crippen MR) is 70.6 cm³/mol. The van der Waals surface area contributed by atoms with Crippen LogP contribution in [0.2, 0.25) is 0 Å². The summed E-state index contributed by atoms with van der Waals surface area (Å²) in [4.78, 5) is 14.3. The first kappa shape index (κ1) is 11.7. The lowest BCUT2D eigenvalue weighted by Crippen LogP contribution is -2.34. The zero-order valence-electron chi connectivity index (χ0n) is 10.2. The third-order valence-electron chi connectivity index (χ3n) is 3.74. The summed E-state index contributed by atoms with van der Waals surface area (Å²) in [6.07, 6.45) is 6.81. The number of thiophene rings is 1. The number of nitriles is 1. The normalized spacial score (nSPS) is 19.7. The maximum Gasteiger partial charge on any atom is 0.262 e. The van der Waals surface area contributed by atoms with Gasteiger partial charge in [0.1, 0.15) is 6.04 Å². The quantitative estimate of drug-likeness (QED) is 0.908. The fourth-order valence-electron chi connectivity index (χ4n) is 2.50.